The van der Waals surface area contributed by atoms with E-state index in [1.54, 1.807) is 12.0 Å². The van der Waals surface area contributed by atoms with Gasteiger partial charge in [-0.3, -0.25) is 19.9 Å². The zero-order valence-corrected chi connectivity index (χ0v) is 12.6. The first-order valence-electron chi connectivity index (χ1n) is 7.22. The first kappa shape index (κ1) is 17.8. The highest BCUT2D eigenvalue weighted by atomic mass is 16.5. The van der Waals surface area contributed by atoms with E-state index >= 15 is 0 Å². The fourth-order valence-corrected chi connectivity index (χ4v) is 2.43. The predicted molar refractivity (Wildman–Crippen MR) is 77.0 cm³/mol. The van der Waals surface area contributed by atoms with Gasteiger partial charge in [-0.1, -0.05) is 0 Å². The standard InChI is InChI=1S/C13H26N4O4/c1-21-9-7-16(6-8-18)10-12(19)17-4-2-11(3-5-17)13(20)15-14/h11,18H,2-10,14H2,1H3,(H,15,20). The number of aliphatic hydroxyl groups excluding tert-OH is 1. The van der Waals surface area contributed by atoms with E-state index in [9.17, 15) is 9.59 Å². The summed E-state index contributed by atoms with van der Waals surface area (Å²) in [4.78, 5) is 27.3. The van der Waals surface area contributed by atoms with Crippen molar-refractivity contribution < 1.29 is 19.4 Å². The molecule has 0 aromatic carbocycles. The molecule has 4 N–H and O–H groups in total. The van der Waals surface area contributed by atoms with E-state index in [1.165, 1.54) is 0 Å². The molecule has 1 saturated heterocycles. The molecule has 0 aliphatic carbocycles. The summed E-state index contributed by atoms with van der Waals surface area (Å²) in [5.74, 6) is 4.87. The number of aliphatic hydroxyl groups is 1. The van der Waals surface area contributed by atoms with E-state index in [-0.39, 0.29) is 30.9 Å². The van der Waals surface area contributed by atoms with Gasteiger partial charge in [0, 0.05) is 39.2 Å². The molecule has 0 unspecified atom stereocenters. The summed E-state index contributed by atoms with van der Waals surface area (Å²) >= 11 is 0. The van der Waals surface area contributed by atoms with Crippen molar-refractivity contribution in [2.24, 2.45) is 11.8 Å². The number of nitrogens with zero attached hydrogens (tertiary/aromatic N) is 2. The zero-order valence-electron chi connectivity index (χ0n) is 12.6. The van der Waals surface area contributed by atoms with Gasteiger partial charge in [-0.05, 0) is 12.8 Å². The first-order valence-corrected chi connectivity index (χ1v) is 7.22. The summed E-state index contributed by atoms with van der Waals surface area (Å²) in [6.07, 6.45) is 1.26. The van der Waals surface area contributed by atoms with Gasteiger partial charge in [0.2, 0.25) is 11.8 Å². The molecule has 1 fully saturated rings. The SMILES string of the molecule is COCCN(CCO)CC(=O)N1CCC(C(=O)NN)CC1. The molecule has 122 valence electrons. The fourth-order valence-electron chi connectivity index (χ4n) is 2.43. The number of likely N-dealkylation sites (tertiary alicyclic amines) is 1. The average Bonchev–Trinajstić information content (AvgIpc) is 2.52. The lowest BCUT2D eigenvalue weighted by atomic mass is 9.96. The maximum atomic E-state index is 12.2. The smallest absolute Gasteiger partial charge is 0.237 e. The molecule has 0 radical (unpaired) electrons. The van der Waals surface area contributed by atoms with Gasteiger partial charge < -0.3 is 14.7 Å². The van der Waals surface area contributed by atoms with Crippen LogP contribution in [0.25, 0.3) is 0 Å². The molecular weight excluding hydrogens is 276 g/mol. The molecule has 0 saturated carbocycles. The summed E-state index contributed by atoms with van der Waals surface area (Å²) in [6.45, 7) is 2.97. The fraction of sp³-hybridized carbons (Fsp3) is 0.846. The molecule has 2 amide bonds. The zero-order chi connectivity index (χ0) is 15.7. The predicted octanol–water partition coefficient (Wildman–Crippen LogP) is -1.84. The molecule has 0 aromatic rings. The highest BCUT2D eigenvalue weighted by Gasteiger charge is 2.27. The highest BCUT2D eigenvalue weighted by molar-refractivity contribution is 5.80. The Morgan fingerprint density at radius 2 is 2.05 bits per heavy atom. The summed E-state index contributed by atoms with van der Waals surface area (Å²) in [6, 6.07) is 0. The van der Waals surface area contributed by atoms with Crippen molar-refractivity contribution in [1.82, 2.24) is 15.2 Å². The number of amides is 2. The van der Waals surface area contributed by atoms with Crippen LogP contribution in [0.2, 0.25) is 0 Å². The summed E-state index contributed by atoms with van der Waals surface area (Å²) < 4.78 is 4.99. The molecule has 21 heavy (non-hydrogen) atoms. The summed E-state index contributed by atoms with van der Waals surface area (Å²) in [5.41, 5.74) is 2.16. The van der Waals surface area contributed by atoms with Crippen molar-refractivity contribution in [3.63, 3.8) is 0 Å². The van der Waals surface area contributed by atoms with Crippen molar-refractivity contribution >= 4 is 11.8 Å². The average molecular weight is 302 g/mol. The lowest BCUT2D eigenvalue weighted by Crippen LogP contribution is -2.48. The van der Waals surface area contributed by atoms with E-state index in [0.29, 0.717) is 45.6 Å². The van der Waals surface area contributed by atoms with Gasteiger partial charge in [-0.25, -0.2) is 5.84 Å². The molecule has 0 atom stereocenters. The molecule has 1 aliphatic heterocycles. The maximum Gasteiger partial charge on any atom is 0.237 e. The van der Waals surface area contributed by atoms with Crippen LogP contribution in [0.3, 0.4) is 0 Å². The lowest BCUT2D eigenvalue weighted by molar-refractivity contribution is -0.136. The van der Waals surface area contributed by atoms with Gasteiger partial charge >= 0.3 is 0 Å². The Morgan fingerprint density at radius 1 is 1.38 bits per heavy atom. The minimum atomic E-state index is -0.163. The molecule has 1 rings (SSSR count). The Bertz CT molecular complexity index is 332. The number of hydrogen-bond donors (Lipinski definition) is 3. The van der Waals surface area contributed by atoms with Crippen molar-refractivity contribution in [2.75, 3.05) is 53.0 Å². The van der Waals surface area contributed by atoms with Gasteiger partial charge in [0.1, 0.15) is 0 Å². The van der Waals surface area contributed by atoms with Crippen molar-refractivity contribution in [3.05, 3.63) is 0 Å². The largest absolute Gasteiger partial charge is 0.395 e. The minimum Gasteiger partial charge on any atom is -0.395 e. The van der Waals surface area contributed by atoms with E-state index < -0.39 is 0 Å². The van der Waals surface area contributed by atoms with Crippen LogP contribution >= 0.6 is 0 Å². The van der Waals surface area contributed by atoms with E-state index in [4.69, 9.17) is 15.7 Å². The normalized spacial score (nSPS) is 16.3. The second-order valence-electron chi connectivity index (χ2n) is 5.16. The van der Waals surface area contributed by atoms with Crippen LogP contribution in [0, 0.1) is 5.92 Å². The van der Waals surface area contributed by atoms with Crippen LogP contribution in [0.1, 0.15) is 12.8 Å². The quantitative estimate of drug-likeness (QED) is 0.276. The Hall–Kier alpha value is -1.22. The monoisotopic (exact) mass is 302 g/mol. The molecule has 0 spiro atoms. The molecule has 8 nitrogen and oxygen atoms in total. The van der Waals surface area contributed by atoms with E-state index in [2.05, 4.69) is 5.43 Å². The third-order valence-electron chi connectivity index (χ3n) is 3.75. The molecular formula is C13H26N4O4. The van der Waals surface area contributed by atoms with Crippen molar-refractivity contribution in [3.8, 4) is 0 Å². The number of rotatable bonds is 8. The minimum absolute atomic E-state index is 0.00966. The van der Waals surface area contributed by atoms with Gasteiger partial charge in [-0.2, -0.15) is 0 Å². The Kier molecular flexibility index (Phi) is 8.21. The molecule has 8 heteroatoms. The molecule has 1 heterocycles. The number of hydrogen-bond acceptors (Lipinski definition) is 6. The first-order chi connectivity index (χ1) is 10.1. The van der Waals surface area contributed by atoms with Gasteiger partial charge in [0.05, 0.1) is 19.8 Å². The second kappa shape index (κ2) is 9.67. The molecule has 0 bridgehead atoms. The number of nitrogens with one attached hydrogen (secondary N) is 1. The summed E-state index contributed by atoms with van der Waals surface area (Å²) in [7, 11) is 1.60. The van der Waals surface area contributed by atoms with E-state index in [0.717, 1.165) is 0 Å². The van der Waals surface area contributed by atoms with E-state index in [1.807, 2.05) is 4.90 Å². The van der Waals surface area contributed by atoms with Crippen LogP contribution in [0.5, 0.6) is 0 Å². The number of ether oxygens (including phenoxy) is 1. The number of piperidine rings is 1. The summed E-state index contributed by atoms with van der Waals surface area (Å²) in [5, 5.41) is 9.02. The van der Waals surface area contributed by atoms with Gasteiger partial charge in [0.15, 0.2) is 0 Å². The van der Waals surface area contributed by atoms with Crippen molar-refractivity contribution in [2.45, 2.75) is 12.8 Å². The Morgan fingerprint density at radius 3 is 2.57 bits per heavy atom. The Balaban J connectivity index is 2.39. The van der Waals surface area contributed by atoms with Gasteiger partial charge in [0.25, 0.3) is 0 Å². The Labute approximate surface area is 125 Å². The number of methoxy groups -OCH3 is 1. The van der Waals surface area contributed by atoms with Crippen LogP contribution in [0.4, 0.5) is 0 Å². The van der Waals surface area contributed by atoms with Gasteiger partial charge in [-0.15, -0.1) is 0 Å². The lowest BCUT2D eigenvalue weighted by Gasteiger charge is -2.32. The molecule has 1 aliphatic rings. The topological polar surface area (TPSA) is 108 Å². The maximum absolute atomic E-state index is 12.2. The number of nitrogens with two attached hydrogens (primary N) is 1. The van der Waals surface area contributed by atoms with Crippen LogP contribution in [0.15, 0.2) is 0 Å². The second-order valence-corrected chi connectivity index (χ2v) is 5.16. The number of carbonyl (C=O) groups excluding carboxylic acids is 2. The van der Waals surface area contributed by atoms with Crippen molar-refractivity contribution in [1.29, 1.82) is 0 Å². The third kappa shape index (κ3) is 5.96. The van der Waals surface area contributed by atoms with Crippen LogP contribution < -0.4 is 11.3 Å². The van der Waals surface area contributed by atoms with Crippen LogP contribution in [-0.2, 0) is 14.3 Å². The molecule has 0 aromatic heterocycles. The number of hydrazine groups is 1. The third-order valence-corrected chi connectivity index (χ3v) is 3.75. The van der Waals surface area contributed by atoms with Crippen LogP contribution in [-0.4, -0.2) is 79.8 Å². The number of carbonyl (C=O) groups is 2. The highest BCUT2D eigenvalue weighted by Crippen LogP contribution is 2.17.